The summed E-state index contributed by atoms with van der Waals surface area (Å²) in [5.74, 6) is 0.172. The lowest BCUT2D eigenvalue weighted by atomic mass is 10.0. The number of amides is 3. The topological polar surface area (TPSA) is 65.5 Å². The Bertz CT molecular complexity index is 901. The van der Waals surface area contributed by atoms with Crippen molar-refractivity contribution in [3.8, 4) is 0 Å². The van der Waals surface area contributed by atoms with E-state index in [1.54, 1.807) is 11.1 Å². The first-order valence-corrected chi connectivity index (χ1v) is 10.3. The van der Waals surface area contributed by atoms with Gasteiger partial charge in [-0.3, -0.25) is 9.78 Å². The summed E-state index contributed by atoms with van der Waals surface area (Å²) in [6.07, 6.45) is 4.44. The molecule has 0 radical (unpaired) electrons. The van der Waals surface area contributed by atoms with Crippen LogP contribution >= 0.6 is 0 Å². The molecule has 29 heavy (non-hydrogen) atoms. The van der Waals surface area contributed by atoms with Gasteiger partial charge in [0.15, 0.2) is 0 Å². The Morgan fingerprint density at radius 1 is 1.28 bits per heavy atom. The van der Waals surface area contributed by atoms with Gasteiger partial charge in [0.2, 0.25) is 5.91 Å². The van der Waals surface area contributed by atoms with Crippen molar-refractivity contribution in [1.82, 2.24) is 14.8 Å². The maximum Gasteiger partial charge on any atom is 0.321 e. The molecule has 1 saturated heterocycles. The number of rotatable bonds is 5. The third-order valence-corrected chi connectivity index (χ3v) is 6.25. The SMILES string of the molecule is CCc1cccc(NC(=O)N2CC[C@@]3(C[C@@H]3C(=O)N(C)Cc3ccccn3)C2)c1. The highest BCUT2D eigenvalue weighted by Gasteiger charge is 2.61. The standard InChI is InChI=1S/C23H28N4O2/c1-3-17-7-6-9-18(13-17)25-22(29)27-12-10-23(16-27)14-20(23)21(28)26(2)15-19-8-4-5-11-24-19/h4-9,11,13,20H,3,10,12,14-16H2,1-2H3,(H,25,29)/t20-,23-/m1/s1. The maximum absolute atomic E-state index is 12.9. The number of benzene rings is 1. The van der Waals surface area contributed by atoms with E-state index >= 15 is 0 Å². The van der Waals surface area contributed by atoms with Gasteiger partial charge in [-0.05, 0) is 49.1 Å². The molecular formula is C23H28N4O2. The Kier molecular flexibility index (Phi) is 5.26. The van der Waals surface area contributed by atoms with Crippen LogP contribution < -0.4 is 5.32 Å². The van der Waals surface area contributed by atoms with Crippen LogP contribution in [0.2, 0.25) is 0 Å². The van der Waals surface area contributed by atoms with Gasteiger partial charge in [0.1, 0.15) is 0 Å². The van der Waals surface area contributed by atoms with Gasteiger partial charge in [0, 0.05) is 43.4 Å². The van der Waals surface area contributed by atoms with Gasteiger partial charge in [-0.2, -0.15) is 0 Å². The molecule has 0 bridgehead atoms. The number of carbonyl (C=O) groups is 2. The second-order valence-electron chi connectivity index (χ2n) is 8.29. The van der Waals surface area contributed by atoms with Gasteiger partial charge >= 0.3 is 6.03 Å². The van der Waals surface area contributed by atoms with Crippen molar-refractivity contribution in [3.63, 3.8) is 0 Å². The summed E-state index contributed by atoms with van der Waals surface area (Å²) < 4.78 is 0. The predicted octanol–water partition coefficient (Wildman–Crippen LogP) is 3.55. The summed E-state index contributed by atoms with van der Waals surface area (Å²) >= 11 is 0. The van der Waals surface area contributed by atoms with E-state index in [0.717, 1.165) is 30.6 Å². The van der Waals surface area contributed by atoms with Crippen molar-refractivity contribution in [2.45, 2.75) is 32.7 Å². The normalized spacial score (nSPS) is 22.6. The minimum Gasteiger partial charge on any atom is -0.340 e. The van der Waals surface area contributed by atoms with Crippen molar-refractivity contribution in [3.05, 3.63) is 59.9 Å². The highest BCUT2D eigenvalue weighted by molar-refractivity contribution is 5.90. The monoisotopic (exact) mass is 392 g/mol. The van der Waals surface area contributed by atoms with Crippen molar-refractivity contribution in [1.29, 1.82) is 0 Å². The minimum absolute atomic E-state index is 0.0115. The second-order valence-corrected chi connectivity index (χ2v) is 8.29. The fourth-order valence-electron chi connectivity index (χ4n) is 4.37. The number of likely N-dealkylation sites (tertiary alicyclic amines) is 1. The van der Waals surface area contributed by atoms with Gasteiger partial charge in [0.25, 0.3) is 0 Å². The van der Waals surface area contributed by atoms with E-state index in [1.165, 1.54) is 5.56 Å². The fraction of sp³-hybridized carbons (Fsp3) is 0.435. The van der Waals surface area contributed by atoms with Crippen molar-refractivity contribution in [2.24, 2.45) is 11.3 Å². The number of aromatic nitrogens is 1. The lowest BCUT2D eigenvalue weighted by Crippen LogP contribution is -2.34. The third-order valence-electron chi connectivity index (χ3n) is 6.25. The molecular weight excluding hydrogens is 364 g/mol. The first-order valence-electron chi connectivity index (χ1n) is 10.3. The molecule has 6 heteroatoms. The molecule has 6 nitrogen and oxygen atoms in total. The number of carbonyl (C=O) groups excluding carboxylic acids is 2. The van der Waals surface area contributed by atoms with Crippen LogP contribution in [0.3, 0.4) is 0 Å². The zero-order chi connectivity index (χ0) is 20.4. The number of nitrogens with one attached hydrogen (secondary N) is 1. The predicted molar refractivity (Wildman–Crippen MR) is 112 cm³/mol. The average Bonchev–Trinajstić information content (AvgIpc) is 3.26. The van der Waals surface area contributed by atoms with Gasteiger partial charge < -0.3 is 15.1 Å². The summed E-state index contributed by atoms with van der Waals surface area (Å²) in [6.45, 7) is 3.97. The number of hydrogen-bond donors (Lipinski definition) is 1. The number of pyridine rings is 1. The van der Waals surface area contributed by atoms with Crippen LogP contribution in [0.15, 0.2) is 48.7 Å². The summed E-state index contributed by atoms with van der Waals surface area (Å²) in [5, 5.41) is 3.01. The van der Waals surface area contributed by atoms with Crippen LogP contribution in [0.4, 0.5) is 10.5 Å². The van der Waals surface area contributed by atoms with E-state index in [4.69, 9.17) is 0 Å². The molecule has 152 valence electrons. The van der Waals surface area contributed by atoms with E-state index in [1.807, 2.05) is 48.3 Å². The van der Waals surface area contributed by atoms with Crippen LogP contribution in [0.5, 0.6) is 0 Å². The number of urea groups is 1. The molecule has 1 aromatic carbocycles. The van der Waals surface area contributed by atoms with Gasteiger partial charge in [-0.15, -0.1) is 0 Å². The second kappa shape index (κ2) is 7.85. The highest BCUT2D eigenvalue weighted by Crippen LogP contribution is 2.59. The van der Waals surface area contributed by atoms with Gasteiger partial charge in [-0.1, -0.05) is 25.1 Å². The molecule has 2 aliphatic rings. The van der Waals surface area contributed by atoms with E-state index in [-0.39, 0.29) is 23.3 Å². The largest absolute Gasteiger partial charge is 0.340 e. The van der Waals surface area contributed by atoms with Crippen LogP contribution in [0.1, 0.15) is 31.0 Å². The molecule has 1 aliphatic carbocycles. The van der Waals surface area contributed by atoms with Gasteiger partial charge in [0.05, 0.1) is 12.2 Å². The smallest absolute Gasteiger partial charge is 0.321 e. The molecule has 1 spiro atoms. The number of hydrogen-bond acceptors (Lipinski definition) is 3. The van der Waals surface area contributed by atoms with Crippen molar-refractivity contribution >= 4 is 17.6 Å². The van der Waals surface area contributed by atoms with E-state index in [9.17, 15) is 9.59 Å². The molecule has 0 unspecified atom stereocenters. The summed E-state index contributed by atoms with van der Waals surface area (Å²) in [6, 6.07) is 13.6. The average molecular weight is 393 g/mol. The zero-order valence-corrected chi connectivity index (χ0v) is 17.1. The Labute approximate surface area is 171 Å². The molecule has 1 N–H and O–H groups in total. The lowest BCUT2D eigenvalue weighted by Gasteiger charge is -2.20. The summed E-state index contributed by atoms with van der Waals surface area (Å²) in [4.78, 5) is 33.5. The summed E-state index contributed by atoms with van der Waals surface area (Å²) in [7, 11) is 1.84. The molecule has 4 rings (SSSR count). The zero-order valence-electron chi connectivity index (χ0n) is 17.1. The van der Waals surface area contributed by atoms with E-state index in [0.29, 0.717) is 19.6 Å². The first kappa shape index (κ1) is 19.4. The first-order chi connectivity index (χ1) is 14.0. The van der Waals surface area contributed by atoms with Crippen LogP contribution in [-0.2, 0) is 17.8 Å². The number of aryl methyl sites for hydroxylation is 1. The summed E-state index contributed by atoms with van der Waals surface area (Å²) in [5.41, 5.74) is 2.87. The molecule has 1 aliphatic heterocycles. The molecule has 3 amide bonds. The molecule has 2 aromatic rings. The fourth-order valence-corrected chi connectivity index (χ4v) is 4.37. The Morgan fingerprint density at radius 2 is 2.14 bits per heavy atom. The third kappa shape index (κ3) is 4.11. The molecule has 1 aromatic heterocycles. The minimum atomic E-state index is -0.0740. The lowest BCUT2D eigenvalue weighted by molar-refractivity contribution is -0.132. The van der Waals surface area contributed by atoms with Gasteiger partial charge in [-0.25, -0.2) is 4.79 Å². The van der Waals surface area contributed by atoms with Crippen molar-refractivity contribution < 1.29 is 9.59 Å². The van der Waals surface area contributed by atoms with E-state index in [2.05, 4.69) is 23.3 Å². The Balaban J connectivity index is 1.32. The maximum atomic E-state index is 12.9. The molecule has 1 saturated carbocycles. The Morgan fingerprint density at radius 3 is 2.90 bits per heavy atom. The van der Waals surface area contributed by atoms with Crippen molar-refractivity contribution in [2.75, 3.05) is 25.5 Å². The quantitative estimate of drug-likeness (QED) is 0.846. The van der Waals surface area contributed by atoms with Crippen LogP contribution in [0.25, 0.3) is 0 Å². The van der Waals surface area contributed by atoms with E-state index < -0.39 is 0 Å². The van der Waals surface area contributed by atoms with Crippen LogP contribution in [0, 0.1) is 11.3 Å². The highest BCUT2D eigenvalue weighted by atomic mass is 16.2. The van der Waals surface area contributed by atoms with Crippen LogP contribution in [-0.4, -0.2) is 46.9 Å². The number of anilines is 1. The number of nitrogens with zero attached hydrogens (tertiary/aromatic N) is 3. The molecule has 2 atom stereocenters. The molecule has 2 fully saturated rings. The molecule has 2 heterocycles. The Hall–Kier alpha value is -2.89.